The highest BCUT2D eigenvalue weighted by Gasteiger charge is 2.20. The van der Waals surface area contributed by atoms with Gasteiger partial charge in [-0.2, -0.15) is 11.8 Å². The molecule has 0 fully saturated rings. The lowest BCUT2D eigenvalue weighted by molar-refractivity contribution is 0.500. The molecular formula is C9H20N2O2S2. The molecule has 4 nitrogen and oxygen atoms in total. The number of thioether (sulfide) groups is 1. The molecule has 0 spiro atoms. The first-order valence-electron chi connectivity index (χ1n) is 4.75. The van der Waals surface area contributed by atoms with Gasteiger partial charge in [0, 0.05) is 17.4 Å². The highest BCUT2D eigenvalue weighted by molar-refractivity contribution is 8.00. The minimum absolute atomic E-state index is 0.186. The average molecular weight is 252 g/mol. The molecule has 0 bridgehead atoms. The van der Waals surface area contributed by atoms with E-state index < -0.39 is 9.84 Å². The van der Waals surface area contributed by atoms with Crippen LogP contribution in [0.1, 0.15) is 20.3 Å². The van der Waals surface area contributed by atoms with Crippen LogP contribution in [0.5, 0.6) is 0 Å². The van der Waals surface area contributed by atoms with E-state index in [-0.39, 0.29) is 17.0 Å². The van der Waals surface area contributed by atoms with Crippen molar-refractivity contribution < 1.29 is 8.42 Å². The number of sulfone groups is 1. The number of amidine groups is 1. The Morgan fingerprint density at radius 1 is 1.40 bits per heavy atom. The number of hydrogen-bond donors (Lipinski definition) is 2. The minimum atomic E-state index is -2.84. The van der Waals surface area contributed by atoms with Gasteiger partial charge in [-0.25, -0.2) is 8.42 Å². The van der Waals surface area contributed by atoms with E-state index in [0.717, 1.165) is 12.2 Å². The van der Waals surface area contributed by atoms with Crippen molar-refractivity contribution in [1.29, 1.82) is 5.41 Å². The van der Waals surface area contributed by atoms with Crippen LogP contribution in [0.25, 0.3) is 0 Å². The summed E-state index contributed by atoms with van der Waals surface area (Å²) in [5.74, 6) is 1.86. The summed E-state index contributed by atoms with van der Waals surface area (Å²) in [4.78, 5) is 0. The maximum atomic E-state index is 10.8. The van der Waals surface area contributed by atoms with Crippen molar-refractivity contribution >= 4 is 27.4 Å². The van der Waals surface area contributed by atoms with Gasteiger partial charge in [-0.3, -0.25) is 5.41 Å². The second kappa shape index (κ2) is 5.75. The van der Waals surface area contributed by atoms with Crippen LogP contribution in [0.15, 0.2) is 0 Å². The van der Waals surface area contributed by atoms with Crippen LogP contribution in [-0.2, 0) is 9.84 Å². The predicted octanol–water partition coefficient (Wildman–Crippen LogP) is 1.12. The van der Waals surface area contributed by atoms with Gasteiger partial charge in [-0.05, 0) is 12.2 Å². The fourth-order valence-corrected chi connectivity index (χ4v) is 3.32. The fraction of sp³-hybridized carbons (Fsp3) is 0.889. The molecule has 0 aliphatic rings. The third-order valence-electron chi connectivity index (χ3n) is 2.20. The molecule has 90 valence electrons. The molecule has 0 heterocycles. The van der Waals surface area contributed by atoms with Gasteiger partial charge in [0.15, 0.2) is 0 Å². The van der Waals surface area contributed by atoms with Crippen LogP contribution < -0.4 is 5.73 Å². The van der Waals surface area contributed by atoms with Gasteiger partial charge in [0.25, 0.3) is 0 Å². The largest absolute Gasteiger partial charge is 0.387 e. The lowest BCUT2D eigenvalue weighted by Crippen LogP contribution is -2.31. The zero-order chi connectivity index (χ0) is 12.1. The van der Waals surface area contributed by atoms with Gasteiger partial charge >= 0.3 is 0 Å². The maximum Gasteiger partial charge on any atom is 0.148 e. The Kier molecular flexibility index (Phi) is 5.66. The molecule has 0 saturated carbocycles. The summed E-state index contributed by atoms with van der Waals surface area (Å²) in [5, 5.41) is 7.35. The molecule has 6 heteroatoms. The van der Waals surface area contributed by atoms with E-state index in [2.05, 4.69) is 0 Å². The highest BCUT2D eigenvalue weighted by atomic mass is 32.2. The minimum Gasteiger partial charge on any atom is -0.387 e. The molecule has 0 atom stereocenters. The van der Waals surface area contributed by atoms with Crippen molar-refractivity contribution in [1.82, 2.24) is 0 Å². The second-order valence-electron chi connectivity index (χ2n) is 4.29. The molecule has 0 unspecified atom stereocenters. The van der Waals surface area contributed by atoms with E-state index in [1.54, 1.807) is 11.8 Å². The predicted molar refractivity (Wildman–Crippen MR) is 67.3 cm³/mol. The van der Waals surface area contributed by atoms with Crippen molar-refractivity contribution in [3.05, 3.63) is 0 Å². The van der Waals surface area contributed by atoms with Crippen molar-refractivity contribution in [2.24, 2.45) is 11.1 Å². The average Bonchev–Trinajstić information content (AvgIpc) is 2.00. The fourth-order valence-electron chi connectivity index (χ4n) is 0.774. The number of nitrogens with two attached hydrogens (primary N) is 1. The second-order valence-corrected chi connectivity index (χ2v) is 7.77. The third kappa shape index (κ3) is 7.67. The van der Waals surface area contributed by atoms with Crippen LogP contribution in [0.3, 0.4) is 0 Å². The van der Waals surface area contributed by atoms with Gasteiger partial charge in [0.2, 0.25) is 0 Å². The van der Waals surface area contributed by atoms with Gasteiger partial charge in [0.05, 0.1) is 11.6 Å². The first kappa shape index (κ1) is 14.8. The Morgan fingerprint density at radius 3 is 2.33 bits per heavy atom. The zero-order valence-electron chi connectivity index (χ0n) is 9.54. The summed E-state index contributed by atoms with van der Waals surface area (Å²) >= 11 is 1.59. The van der Waals surface area contributed by atoms with E-state index in [9.17, 15) is 8.42 Å². The molecule has 0 aliphatic heterocycles. The van der Waals surface area contributed by atoms with Crippen molar-refractivity contribution in [3.63, 3.8) is 0 Å². The van der Waals surface area contributed by atoms with Gasteiger partial charge in [-0.1, -0.05) is 13.8 Å². The smallest absolute Gasteiger partial charge is 0.148 e. The number of hydrogen-bond acceptors (Lipinski definition) is 4. The van der Waals surface area contributed by atoms with Gasteiger partial charge in [0.1, 0.15) is 9.84 Å². The summed E-state index contributed by atoms with van der Waals surface area (Å²) in [6.07, 6.45) is 2.05. The molecule has 0 amide bonds. The zero-order valence-corrected chi connectivity index (χ0v) is 11.2. The Bertz CT molecular complexity index is 310. The van der Waals surface area contributed by atoms with Crippen LogP contribution in [0.2, 0.25) is 0 Å². The van der Waals surface area contributed by atoms with E-state index in [4.69, 9.17) is 11.1 Å². The summed E-state index contributed by atoms with van der Waals surface area (Å²) in [6.45, 7) is 3.85. The molecule has 0 radical (unpaired) electrons. The van der Waals surface area contributed by atoms with E-state index in [1.807, 2.05) is 13.8 Å². The molecule has 0 aliphatic carbocycles. The van der Waals surface area contributed by atoms with Crippen LogP contribution >= 0.6 is 11.8 Å². The standard InChI is InChI=1S/C9H20N2O2S2/c1-9(2,8(10)11)4-5-14-6-7-15(3,12)13/h4-7H2,1-3H3,(H3,10,11). The Morgan fingerprint density at radius 2 is 1.93 bits per heavy atom. The summed E-state index contributed by atoms with van der Waals surface area (Å²) in [5.41, 5.74) is 5.15. The van der Waals surface area contributed by atoms with Crippen LogP contribution in [-0.4, -0.2) is 37.8 Å². The van der Waals surface area contributed by atoms with E-state index in [1.165, 1.54) is 6.26 Å². The Labute approximate surface area is 96.4 Å². The topological polar surface area (TPSA) is 84.0 Å². The van der Waals surface area contributed by atoms with E-state index >= 15 is 0 Å². The van der Waals surface area contributed by atoms with Crippen LogP contribution in [0.4, 0.5) is 0 Å². The normalized spacial score (nSPS) is 12.7. The first-order chi connectivity index (χ1) is 6.65. The van der Waals surface area contributed by atoms with Crippen molar-refractivity contribution in [2.75, 3.05) is 23.5 Å². The third-order valence-corrected chi connectivity index (χ3v) is 4.39. The monoisotopic (exact) mass is 252 g/mol. The molecule has 15 heavy (non-hydrogen) atoms. The Balaban J connectivity index is 3.69. The molecular weight excluding hydrogens is 232 g/mol. The van der Waals surface area contributed by atoms with Crippen molar-refractivity contribution in [2.45, 2.75) is 20.3 Å². The number of rotatable bonds is 7. The first-order valence-corrected chi connectivity index (χ1v) is 7.97. The molecule has 0 saturated heterocycles. The van der Waals surface area contributed by atoms with Gasteiger partial charge in [-0.15, -0.1) is 0 Å². The number of nitrogens with one attached hydrogen (secondary N) is 1. The summed E-state index contributed by atoms with van der Waals surface area (Å²) in [6, 6.07) is 0. The van der Waals surface area contributed by atoms with Crippen LogP contribution in [0, 0.1) is 10.8 Å². The van der Waals surface area contributed by atoms with Crippen molar-refractivity contribution in [3.8, 4) is 0 Å². The molecule has 3 N–H and O–H groups in total. The van der Waals surface area contributed by atoms with Gasteiger partial charge < -0.3 is 5.73 Å². The summed E-state index contributed by atoms with van der Waals surface area (Å²) < 4.78 is 21.7. The molecule has 0 rings (SSSR count). The molecule has 0 aromatic rings. The quantitative estimate of drug-likeness (QED) is 0.404. The maximum absolute atomic E-state index is 10.8. The Hall–Kier alpha value is -0.230. The summed E-state index contributed by atoms with van der Waals surface area (Å²) in [7, 11) is -2.84. The molecule has 0 aromatic heterocycles. The lowest BCUT2D eigenvalue weighted by atomic mass is 9.89. The SMILES string of the molecule is CC(C)(CCSCCS(C)(=O)=O)C(=N)N. The van der Waals surface area contributed by atoms with E-state index in [0.29, 0.717) is 5.75 Å². The molecule has 0 aromatic carbocycles. The lowest BCUT2D eigenvalue weighted by Gasteiger charge is -2.22. The highest BCUT2D eigenvalue weighted by Crippen LogP contribution is 2.22.